The lowest BCUT2D eigenvalue weighted by Crippen LogP contribution is -1.97. The average Bonchev–Trinajstić information content (AvgIpc) is 2.74. The summed E-state index contributed by atoms with van der Waals surface area (Å²) in [4.78, 5) is 4.93. The van der Waals surface area contributed by atoms with Gasteiger partial charge in [-0.05, 0) is 60.2 Å². The summed E-state index contributed by atoms with van der Waals surface area (Å²) >= 11 is 0. The quantitative estimate of drug-likeness (QED) is 0.336. The first-order valence-corrected chi connectivity index (χ1v) is 9.94. The summed E-state index contributed by atoms with van der Waals surface area (Å²) in [5.41, 5.74) is 10.3. The van der Waals surface area contributed by atoms with Crippen molar-refractivity contribution in [2.45, 2.75) is 20.8 Å². The summed E-state index contributed by atoms with van der Waals surface area (Å²) < 4.78 is 0. The fourth-order valence-electron chi connectivity index (χ4n) is 3.89. The van der Waals surface area contributed by atoms with Crippen LogP contribution >= 0.6 is 0 Å². The molecule has 1 heterocycles. The Kier molecular flexibility index (Phi) is 5.14. The van der Waals surface area contributed by atoms with Crippen LogP contribution in [-0.4, -0.2) is 4.98 Å². The molecule has 0 amide bonds. The number of hydrogen-bond donors (Lipinski definition) is 0. The highest BCUT2D eigenvalue weighted by atomic mass is 14.7. The molecule has 0 fully saturated rings. The van der Waals surface area contributed by atoms with Crippen LogP contribution in [0.15, 0.2) is 97.1 Å². The summed E-state index contributed by atoms with van der Waals surface area (Å²) in [6.45, 7) is 10.4. The van der Waals surface area contributed by atoms with E-state index in [-0.39, 0.29) is 0 Å². The van der Waals surface area contributed by atoms with Gasteiger partial charge in [-0.3, -0.25) is 4.98 Å². The molecule has 1 nitrogen and oxygen atoms in total. The van der Waals surface area contributed by atoms with Gasteiger partial charge in [0.15, 0.2) is 0 Å². The minimum Gasteiger partial charge on any atom is -0.253 e. The molecule has 0 atom stereocenters. The van der Waals surface area contributed by atoms with Gasteiger partial charge in [0.2, 0.25) is 0 Å². The number of nitrogens with zero attached hydrogens (tertiary/aromatic N) is 1. The molecule has 0 saturated heterocycles. The molecule has 4 rings (SSSR count). The number of allylic oxidation sites excluding steroid dienone is 2. The van der Waals surface area contributed by atoms with E-state index >= 15 is 0 Å². The van der Waals surface area contributed by atoms with Crippen molar-refractivity contribution in [3.63, 3.8) is 0 Å². The zero-order valence-electron chi connectivity index (χ0n) is 17.2. The van der Waals surface area contributed by atoms with Crippen molar-refractivity contribution in [2.75, 3.05) is 0 Å². The average molecular weight is 376 g/mol. The Morgan fingerprint density at radius 1 is 0.862 bits per heavy atom. The molecular weight excluding hydrogens is 350 g/mol. The Bertz CT molecular complexity index is 1220. The van der Waals surface area contributed by atoms with Crippen LogP contribution < -0.4 is 0 Å². The first kappa shape index (κ1) is 18.9. The van der Waals surface area contributed by atoms with Gasteiger partial charge < -0.3 is 0 Å². The highest BCUT2D eigenvalue weighted by Gasteiger charge is 2.14. The summed E-state index contributed by atoms with van der Waals surface area (Å²) in [6.07, 6.45) is 2.16. The van der Waals surface area contributed by atoms with Crippen LogP contribution in [0.2, 0.25) is 0 Å². The largest absolute Gasteiger partial charge is 0.253 e. The van der Waals surface area contributed by atoms with Crippen LogP contribution in [0.3, 0.4) is 0 Å². The van der Waals surface area contributed by atoms with E-state index in [1.807, 2.05) is 13.0 Å². The fourth-order valence-corrected chi connectivity index (χ4v) is 3.89. The predicted octanol–water partition coefficient (Wildman–Crippen LogP) is 7.53. The van der Waals surface area contributed by atoms with E-state index < -0.39 is 0 Å². The number of hydrogen-bond acceptors (Lipinski definition) is 1. The smallest absolute Gasteiger partial charge is 0.0746 e. The minimum absolute atomic E-state index is 1.03. The third-order valence-corrected chi connectivity index (χ3v) is 5.21. The summed E-state index contributed by atoms with van der Waals surface area (Å²) in [6, 6.07) is 27.7. The zero-order chi connectivity index (χ0) is 20.4. The topological polar surface area (TPSA) is 12.9 Å². The van der Waals surface area contributed by atoms with Crippen molar-refractivity contribution in [2.24, 2.45) is 0 Å². The Morgan fingerprint density at radius 2 is 1.52 bits per heavy atom. The van der Waals surface area contributed by atoms with Crippen molar-refractivity contribution in [3.05, 3.63) is 119 Å². The first-order valence-electron chi connectivity index (χ1n) is 9.94. The van der Waals surface area contributed by atoms with E-state index in [1.165, 1.54) is 38.8 Å². The molecule has 0 radical (unpaired) electrons. The molecule has 1 heteroatoms. The van der Waals surface area contributed by atoms with E-state index in [1.54, 1.807) is 0 Å². The van der Waals surface area contributed by atoms with Gasteiger partial charge in [-0.2, -0.15) is 0 Å². The van der Waals surface area contributed by atoms with Crippen LogP contribution in [0.4, 0.5) is 0 Å². The fraction of sp³-hybridized carbons (Fsp3) is 0.107. The lowest BCUT2D eigenvalue weighted by atomic mass is 9.90. The standard InChI is InChI=1S/C28H25N/c1-19(2)17-26(22-11-7-5-8-12-22)24-15-16-25-27(23-13-9-6-10-14-23)18-20(3)29-28(25)21(24)4/h5-18H,1H2,2-4H3/b26-17-. The molecule has 0 aliphatic rings. The Labute approximate surface area is 173 Å². The molecular formula is C28H25N. The molecule has 0 saturated carbocycles. The van der Waals surface area contributed by atoms with Gasteiger partial charge in [0.25, 0.3) is 0 Å². The number of aryl methyl sites for hydroxylation is 2. The van der Waals surface area contributed by atoms with Crippen LogP contribution in [0, 0.1) is 13.8 Å². The molecule has 1 aromatic heterocycles. The second kappa shape index (κ2) is 7.89. The number of fused-ring (bicyclic) bond motifs is 1. The number of rotatable bonds is 4. The predicted molar refractivity (Wildman–Crippen MR) is 125 cm³/mol. The summed E-state index contributed by atoms with van der Waals surface area (Å²) in [5.74, 6) is 0. The van der Waals surface area contributed by atoms with Gasteiger partial charge >= 0.3 is 0 Å². The van der Waals surface area contributed by atoms with Crippen molar-refractivity contribution < 1.29 is 0 Å². The highest BCUT2D eigenvalue weighted by Crippen LogP contribution is 2.35. The van der Waals surface area contributed by atoms with Crippen LogP contribution in [0.1, 0.15) is 29.3 Å². The van der Waals surface area contributed by atoms with Gasteiger partial charge in [0.05, 0.1) is 5.52 Å². The molecule has 0 aliphatic heterocycles. The van der Waals surface area contributed by atoms with E-state index in [4.69, 9.17) is 4.98 Å². The van der Waals surface area contributed by atoms with Gasteiger partial charge in [-0.25, -0.2) is 0 Å². The maximum Gasteiger partial charge on any atom is 0.0746 e. The van der Waals surface area contributed by atoms with Gasteiger partial charge in [0.1, 0.15) is 0 Å². The molecule has 142 valence electrons. The van der Waals surface area contributed by atoms with Crippen molar-refractivity contribution in [1.82, 2.24) is 4.98 Å². The normalized spacial score (nSPS) is 11.6. The van der Waals surface area contributed by atoms with E-state index in [0.717, 1.165) is 16.8 Å². The number of pyridine rings is 1. The maximum atomic E-state index is 4.93. The second-order valence-electron chi connectivity index (χ2n) is 7.58. The maximum absolute atomic E-state index is 4.93. The third kappa shape index (κ3) is 3.77. The molecule has 0 unspecified atom stereocenters. The molecule has 0 N–H and O–H groups in total. The highest BCUT2D eigenvalue weighted by molar-refractivity contribution is 5.99. The van der Waals surface area contributed by atoms with E-state index in [2.05, 4.69) is 99.3 Å². The molecule has 0 bridgehead atoms. The monoisotopic (exact) mass is 375 g/mol. The Balaban J connectivity index is 1.98. The van der Waals surface area contributed by atoms with Crippen LogP contribution in [0.5, 0.6) is 0 Å². The lowest BCUT2D eigenvalue weighted by molar-refractivity contribution is 1.24. The Morgan fingerprint density at radius 3 is 2.17 bits per heavy atom. The third-order valence-electron chi connectivity index (χ3n) is 5.21. The van der Waals surface area contributed by atoms with E-state index in [0.29, 0.717) is 0 Å². The molecule has 0 aliphatic carbocycles. The first-order chi connectivity index (χ1) is 14.0. The van der Waals surface area contributed by atoms with Gasteiger partial charge in [-0.15, -0.1) is 0 Å². The molecule has 29 heavy (non-hydrogen) atoms. The van der Waals surface area contributed by atoms with Crippen LogP contribution in [0.25, 0.3) is 27.6 Å². The van der Waals surface area contributed by atoms with Crippen molar-refractivity contribution >= 4 is 16.5 Å². The summed E-state index contributed by atoms with van der Waals surface area (Å²) in [5, 5.41) is 1.19. The minimum atomic E-state index is 1.03. The van der Waals surface area contributed by atoms with Crippen molar-refractivity contribution in [1.29, 1.82) is 0 Å². The zero-order valence-corrected chi connectivity index (χ0v) is 17.2. The number of aromatic nitrogens is 1. The molecule has 3 aromatic carbocycles. The number of benzene rings is 3. The van der Waals surface area contributed by atoms with E-state index in [9.17, 15) is 0 Å². The SMILES string of the molecule is C=C(C)/C=C(/c1ccccc1)c1ccc2c(-c3ccccc3)cc(C)nc2c1C. The van der Waals surface area contributed by atoms with Gasteiger partial charge in [0, 0.05) is 11.1 Å². The van der Waals surface area contributed by atoms with Crippen molar-refractivity contribution in [3.8, 4) is 11.1 Å². The van der Waals surface area contributed by atoms with Gasteiger partial charge in [-0.1, -0.05) is 91.0 Å². The summed E-state index contributed by atoms with van der Waals surface area (Å²) in [7, 11) is 0. The second-order valence-corrected chi connectivity index (χ2v) is 7.58. The molecule has 4 aromatic rings. The van der Waals surface area contributed by atoms with Crippen LogP contribution in [-0.2, 0) is 0 Å². The Hall–Kier alpha value is -3.45. The lowest BCUT2D eigenvalue weighted by Gasteiger charge is -2.16. The molecule has 0 spiro atoms.